The first kappa shape index (κ1) is 16.2. The van der Waals surface area contributed by atoms with E-state index in [2.05, 4.69) is 25.5 Å². The summed E-state index contributed by atoms with van der Waals surface area (Å²) in [6, 6.07) is 8.35. The number of nitrogens with zero attached hydrogens (tertiary/aromatic N) is 3. The lowest BCUT2D eigenvalue weighted by molar-refractivity contribution is -0.137. The van der Waals surface area contributed by atoms with Gasteiger partial charge in [-0.25, -0.2) is 9.97 Å². The Kier molecular flexibility index (Phi) is 4.08. The van der Waals surface area contributed by atoms with Gasteiger partial charge >= 0.3 is 5.97 Å². The van der Waals surface area contributed by atoms with Crippen LogP contribution in [0.1, 0.15) is 53.0 Å². The van der Waals surface area contributed by atoms with Gasteiger partial charge in [0, 0.05) is 5.92 Å². The molecule has 8 nitrogen and oxygen atoms in total. The highest BCUT2D eigenvalue weighted by Crippen LogP contribution is 2.39. The highest BCUT2D eigenvalue weighted by Gasteiger charge is 2.27. The fourth-order valence-corrected chi connectivity index (χ4v) is 2.88. The van der Waals surface area contributed by atoms with E-state index >= 15 is 0 Å². The smallest absolute Gasteiger partial charge is 0.305 e. The summed E-state index contributed by atoms with van der Waals surface area (Å²) < 4.78 is 0. The average molecular weight is 351 g/mol. The second-order valence-corrected chi connectivity index (χ2v) is 6.37. The van der Waals surface area contributed by atoms with Crippen LogP contribution < -0.4 is 5.32 Å². The third-order valence-corrected chi connectivity index (χ3v) is 4.39. The van der Waals surface area contributed by atoms with Crippen LogP contribution in [-0.4, -0.2) is 37.1 Å². The maximum Gasteiger partial charge on any atom is 0.305 e. The summed E-state index contributed by atoms with van der Waals surface area (Å²) in [5, 5.41) is 18.6. The Balaban J connectivity index is 1.62. The molecular weight excluding hydrogens is 334 g/mol. The molecule has 1 amide bonds. The Morgan fingerprint density at radius 1 is 1.27 bits per heavy atom. The number of aromatic amines is 1. The molecule has 0 radical (unpaired) electrons. The predicted molar refractivity (Wildman–Crippen MR) is 92.6 cm³/mol. The van der Waals surface area contributed by atoms with Crippen molar-refractivity contribution < 1.29 is 14.7 Å². The van der Waals surface area contributed by atoms with Gasteiger partial charge in [-0.3, -0.25) is 14.7 Å². The number of hydrogen-bond acceptors (Lipinski definition) is 5. The average Bonchev–Trinajstić information content (AvgIpc) is 3.40. The minimum Gasteiger partial charge on any atom is -0.481 e. The number of aromatic nitrogens is 4. The fourth-order valence-electron chi connectivity index (χ4n) is 2.88. The van der Waals surface area contributed by atoms with Crippen molar-refractivity contribution in [1.29, 1.82) is 0 Å². The first-order valence-corrected chi connectivity index (χ1v) is 8.40. The monoisotopic (exact) mass is 351 g/mol. The van der Waals surface area contributed by atoms with Crippen LogP contribution in [-0.2, 0) is 4.79 Å². The molecule has 1 fully saturated rings. The highest BCUT2D eigenvalue weighted by molar-refractivity contribution is 6.02. The molecule has 1 aliphatic rings. The number of carboxylic acids is 1. The second-order valence-electron chi connectivity index (χ2n) is 6.37. The summed E-state index contributed by atoms with van der Waals surface area (Å²) in [4.78, 5) is 32.7. The number of nitrogens with one attached hydrogen (secondary N) is 2. The number of rotatable bonds is 6. The van der Waals surface area contributed by atoms with Gasteiger partial charge in [-0.1, -0.05) is 30.3 Å². The van der Waals surface area contributed by atoms with Crippen LogP contribution in [0.25, 0.3) is 11.2 Å². The minimum absolute atomic E-state index is 0.196. The Bertz CT molecular complexity index is 965. The number of carboxylic acid groups (broad SMARTS) is 1. The third kappa shape index (κ3) is 3.26. The molecule has 2 aromatic heterocycles. The molecule has 4 rings (SSSR count). The van der Waals surface area contributed by atoms with Crippen LogP contribution in [0.3, 0.4) is 0 Å². The summed E-state index contributed by atoms with van der Waals surface area (Å²) in [7, 11) is 0. The molecule has 1 aliphatic carbocycles. The van der Waals surface area contributed by atoms with Gasteiger partial charge in [0.15, 0.2) is 11.3 Å². The minimum atomic E-state index is -0.996. The number of hydrogen-bond donors (Lipinski definition) is 3. The number of carbonyl (C=O) groups is 2. The van der Waals surface area contributed by atoms with Gasteiger partial charge in [-0.05, 0) is 18.4 Å². The van der Waals surface area contributed by atoms with E-state index in [-0.39, 0.29) is 12.1 Å². The first-order valence-electron chi connectivity index (χ1n) is 8.40. The van der Waals surface area contributed by atoms with Crippen LogP contribution in [0.15, 0.2) is 36.5 Å². The van der Waals surface area contributed by atoms with Gasteiger partial charge in [-0.15, -0.1) is 0 Å². The Hall–Kier alpha value is -3.29. The third-order valence-electron chi connectivity index (χ3n) is 4.39. The normalized spacial score (nSPS) is 14.9. The van der Waals surface area contributed by atoms with Crippen LogP contribution in [0.2, 0.25) is 0 Å². The summed E-state index contributed by atoms with van der Waals surface area (Å²) in [5.41, 5.74) is 2.55. The summed E-state index contributed by atoms with van der Waals surface area (Å²) in [6.45, 7) is 0. The molecular formula is C18H17N5O3. The van der Waals surface area contributed by atoms with Crippen molar-refractivity contribution in [1.82, 2.24) is 25.5 Å². The van der Waals surface area contributed by atoms with Crippen molar-refractivity contribution in [3.8, 4) is 0 Å². The van der Waals surface area contributed by atoms with E-state index in [9.17, 15) is 14.7 Å². The van der Waals surface area contributed by atoms with Gasteiger partial charge in [0.25, 0.3) is 5.91 Å². The lowest BCUT2D eigenvalue weighted by atomic mass is 10.0. The van der Waals surface area contributed by atoms with Crippen LogP contribution in [0.5, 0.6) is 0 Å². The summed E-state index contributed by atoms with van der Waals surface area (Å²) in [5.74, 6) is -1.05. The topological polar surface area (TPSA) is 121 Å². The molecule has 26 heavy (non-hydrogen) atoms. The molecule has 1 atom stereocenters. The molecule has 3 aromatic rings. The molecule has 0 unspecified atom stereocenters. The zero-order valence-corrected chi connectivity index (χ0v) is 13.8. The molecule has 0 saturated heterocycles. The van der Waals surface area contributed by atoms with Crippen molar-refractivity contribution in [3.05, 3.63) is 53.5 Å². The number of carbonyl (C=O) groups excluding carboxylic acids is 1. The first-order chi connectivity index (χ1) is 12.6. The lowest BCUT2D eigenvalue weighted by Crippen LogP contribution is -2.30. The molecule has 0 spiro atoms. The maximum atomic E-state index is 12.7. The Morgan fingerprint density at radius 3 is 2.73 bits per heavy atom. The zero-order valence-electron chi connectivity index (χ0n) is 13.8. The number of H-pyrrole nitrogens is 1. The van der Waals surface area contributed by atoms with E-state index in [4.69, 9.17) is 0 Å². The molecule has 2 heterocycles. The maximum absolute atomic E-state index is 12.7. The van der Waals surface area contributed by atoms with Crippen LogP contribution in [0.4, 0.5) is 0 Å². The van der Waals surface area contributed by atoms with Gasteiger partial charge in [-0.2, -0.15) is 5.10 Å². The van der Waals surface area contributed by atoms with Gasteiger partial charge < -0.3 is 10.4 Å². The summed E-state index contributed by atoms with van der Waals surface area (Å²) >= 11 is 0. The zero-order chi connectivity index (χ0) is 18.1. The largest absolute Gasteiger partial charge is 0.481 e. The SMILES string of the molecule is O=C(O)C[C@H](NC(=O)c1[nH]nc2ncc(C3CC3)nc12)c1ccccc1. The molecule has 1 aromatic carbocycles. The quantitative estimate of drug-likeness (QED) is 0.626. The van der Waals surface area contributed by atoms with E-state index in [1.807, 2.05) is 6.07 Å². The molecule has 1 saturated carbocycles. The number of fused-ring (bicyclic) bond motifs is 1. The van der Waals surface area contributed by atoms with Crippen molar-refractivity contribution in [3.63, 3.8) is 0 Å². The lowest BCUT2D eigenvalue weighted by Gasteiger charge is -2.17. The van der Waals surface area contributed by atoms with Crippen molar-refractivity contribution in [2.45, 2.75) is 31.2 Å². The second kappa shape index (κ2) is 6.55. The fraction of sp³-hybridized carbons (Fsp3) is 0.278. The van der Waals surface area contributed by atoms with Crippen molar-refractivity contribution >= 4 is 23.0 Å². The molecule has 0 aliphatic heterocycles. The van der Waals surface area contributed by atoms with Crippen molar-refractivity contribution in [2.75, 3.05) is 0 Å². The van der Waals surface area contributed by atoms with Gasteiger partial charge in [0.2, 0.25) is 0 Å². The summed E-state index contributed by atoms with van der Waals surface area (Å²) in [6.07, 6.45) is 3.63. The predicted octanol–water partition coefficient (Wildman–Crippen LogP) is 2.18. The number of benzene rings is 1. The van der Waals surface area contributed by atoms with Gasteiger partial charge in [0.05, 0.1) is 24.4 Å². The Morgan fingerprint density at radius 2 is 2.04 bits per heavy atom. The van der Waals surface area contributed by atoms with Crippen LogP contribution in [0, 0.1) is 0 Å². The number of amides is 1. The van der Waals surface area contributed by atoms with E-state index in [0.29, 0.717) is 17.1 Å². The van der Waals surface area contributed by atoms with E-state index in [1.165, 1.54) is 0 Å². The molecule has 8 heteroatoms. The van der Waals surface area contributed by atoms with Crippen molar-refractivity contribution in [2.24, 2.45) is 0 Å². The number of aliphatic carboxylic acids is 1. The molecule has 3 N–H and O–H groups in total. The van der Waals surface area contributed by atoms with E-state index in [1.54, 1.807) is 30.5 Å². The Labute approximate surface area is 148 Å². The van der Waals surface area contributed by atoms with E-state index < -0.39 is 17.9 Å². The van der Waals surface area contributed by atoms with E-state index in [0.717, 1.165) is 24.1 Å². The van der Waals surface area contributed by atoms with Gasteiger partial charge in [0.1, 0.15) is 5.52 Å². The molecule has 132 valence electrons. The molecule has 0 bridgehead atoms. The highest BCUT2D eigenvalue weighted by atomic mass is 16.4. The standard InChI is InChI=1S/C18H17N5O3/c24-14(25)8-12(10-4-2-1-3-5-10)21-18(26)16-15-17(23-22-16)19-9-13(20-15)11-6-7-11/h1-5,9,11-12H,6-8H2,(H,21,26)(H,24,25)(H,19,22,23)/t12-/m0/s1. The van der Waals surface area contributed by atoms with Crippen LogP contribution >= 0.6 is 0 Å².